The molecule has 0 radical (unpaired) electrons. The molecule has 3 atom stereocenters. The highest BCUT2D eigenvalue weighted by Gasteiger charge is 2.32. The first-order chi connectivity index (χ1) is 13.3. The molecule has 5 heteroatoms. The van der Waals surface area contributed by atoms with Crippen molar-refractivity contribution in [3.63, 3.8) is 0 Å². The summed E-state index contributed by atoms with van der Waals surface area (Å²) in [6.07, 6.45) is 3.88. The molecule has 146 valence electrons. The predicted molar refractivity (Wildman–Crippen MR) is 109 cm³/mol. The van der Waals surface area contributed by atoms with Gasteiger partial charge < -0.3 is 9.47 Å². The van der Waals surface area contributed by atoms with Crippen molar-refractivity contribution in [3.8, 4) is 5.75 Å². The van der Waals surface area contributed by atoms with Crippen LogP contribution in [-0.4, -0.2) is 51.4 Å². The Morgan fingerprint density at radius 1 is 1.07 bits per heavy atom. The molecular weight excluding hydrogens is 338 g/mol. The van der Waals surface area contributed by atoms with Crippen LogP contribution in [0.3, 0.4) is 0 Å². The zero-order chi connectivity index (χ0) is 18.6. The van der Waals surface area contributed by atoms with Crippen LogP contribution in [0.5, 0.6) is 5.75 Å². The van der Waals surface area contributed by atoms with Gasteiger partial charge in [-0.15, -0.1) is 0 Å². The lowest BCUT2D eigenvalue weighted by Crippen LogP contribution is -2.45. The van der Waals surface area contributed by atoms with E-state index < -0.39 is 0 Å². The summed E-state index contributed by atoms with van der Waals surface area (Å²) in [6, 6.07) is 14.0. The van der Waals surface area contributed by atoms with Crippen LogP contribution < -0.4 is 15.6 Å². The minimum atomic E-state index is 0.335. The Morgan fingerprint density at radius 2 is 1.93 bits per heavy atom. The van der Waals surface area contributed by atoms with E-state index in [0.29, 0.717) is 18.0 Å². The maximum absolute atomic E-state index is 5.47. The van der Waals surface area contributed by atoms with Gasteiger partial charge in [0.15, 0.2) is 0 Å². The smallest absolute Gasteiger partial charge is 0.119 e. The van der Waals surface area contributed by atoms with E-state index in [1.165, 1.54) is 42.1 Å². The number of nitrogens with one attached hydrogen (secondary N) is 2. The normalized spacial score (nSPS) is 26.5. The lowest BCUT2D eigenvalue weighted by atomic mass is 9.91. The first-order valence-electron chi connectivity index (χ1n) is 10.1. The van der Waals surface area contributed by atoms with Crippen molar-refractivity contribution in [1.29, 1.82) is 0 Å². The molecule has 0 spiro atoms. The molecule has 2 aliphatic rings. The Balaban J connectivity index is 1.51. The zero-order valence-electron chi connectivity index (χ0n) is 16.4. The fourth-order valence-corrected chi connectivity index (χ4v) is 4.61. The van der Waals surface area contributed by atoms with Crippen LogP contribution in [0.2, 0.25) is 0 Å². The number of benzene rings is 2. The van der Waals surface area contributed by atoms with Crippen molar-refractivity contribution in [2.45, 2.75) is 31.3 Å². The third-order valence-electron chi connectivity index (χ3n) is 6.10. The molecule has 0 aliphatic carbocycles. The molecule has 2 fully saturated rings. The van der Waals surface area contributed by atoms with Crippen molar-refractivity contribution < 1.29 is 9.47 Å². The number of methoxy groups -OCH3 is 2. The van der Waals surface area contributed by atoms with Gasteiger partial charge in [0.25, 0.3) is 0 Å². The number of nitrogens with zero attached hydrogens (tertiary/aromatic N) is 1. The highest BCUT2D eigenvalue weighted by atomic mass is 16.5. The monoisotopic (exact) mass is 369 g/mol. The summed E-state index contributed by atoms with van der Waals surface area (Å²) in [7, 11) is 3.53. The van der Waals surface area contributed by atoms with Gasteiger partial charge in [-0.3, -0.25) is 10.3 Å². The number of likely N-dealkylation sites (tertiary alicyclic amines) is 1. The molecule has 3 unspecified atom stereocenters. The molecule has 2 aromatic carbocycles. The number of hydrazine groups is 1. The second-order valence-corrected chi connectivity index (χ2v) is 7.84. The van der Waals surface area contributed by atoms with Crippen LogP contribution in [0, 0.1) is 5.92 Å². The van der Waals surface area contributed by atoms with Gasteiger partial charge in [-0.1, -0.05) is 24.6 Å². The Bertz CT molecular complexity index is 764. The van der Waals surface area contributed by atoms with Crippen LogP contribution in [0.4, 0.5) is 0 Å². The lowest BCUT2D eigenvalue weighted by molar-refractivity contribution is 0.0540. The van der Waals surface area contributed by atoms with Crippen LogP contribution in [0.1, 0.15) is 30.9 Å². The molecular formula is C22H31N3O2. The quantitative estimate of drug-likeness (QED) is 0.819. The molecule has 0 aromatic heterocycles. The van der Waals surface area contributed by atoms with E-state index in [9.17, 15) is 0 Å². The van der Waals surface area contributed by atoms with Gasteiger partial charge in [0.05, 0.1) is 19.8 Å². The Hall–Kier alpha value is -1.66. The minimum absolute atomic E-state index is 0.335. The Morgan fingerprint density at radius 3 is 2.78 bits per heavy atom. The van der Waals surface area contributed by atoms with Gasteiger partial charge in [0, 0.05) is 32.2 Å². The van der Waals surface area contributed by atoms with Gasteiger partial charge in [-0.2, -0.15) is 0 Å². The minimum Gasteiger partial charge on any atom is -0.497 e. The number of ether oxygens (including phenoxy) is 2. The summed E-state index contributed by atoms with van der Waals surface area (Å²) in [5, 5.41) is 2.48. The predicted octanol–water partition coefficient (Wildman–Crippen LogP) is 3.11. The van der Waals surface area contributed by atoms with E-state index in [4.69, 9.17) is 9.47 Å². The molecule has 2 saturated heterocycles. The second kappa shape index (κ2) is 8.57. The number of rotatable bonds is 6. The van der Waals surface area contributed by atoms with E-state index in [0.717, 1.165) is 25.4 Å². The van der Waals surface area contributed by atoms with E-state index >= 15 is 0 Å². The molecule has 2 heterocycles. The fraction of sp³-hybridized carbons (Fsp3) is 0.545. The van der Waals surface area contributed by atoms with Crippen molar-refractivity contribution in [3.05, 3.63) is 42.0 Å². The van der Waals surface area contributed by atoms with Crippen LogP contribution in [-0.2, 0) is 4.74 Å². The molecule has 2 aliphatic heterocycles. The average molecular weight is 370 g/mol. The molecule has 5 nitrogen and oxygen atoms in total. The van der Waals surface area contributed by atoms with Crippen LogP contribution >= 0.6 is 0 Å². The third kappa shape index (κ3) is 4.11. The molecule has 0 amide bonds. The van der Waals surface area contributed by atoms with Crippen LogP contribution in [0.25, 0.3) is 10.8 Å². The summed E-state index contributed by atoms with van der Waals surface area (Å²) in [5.41, 5.74) is 8.26. The highest BCUT2D eigenvalue weighted by Crippen LogP contribution is 2.31. The summed E-state index contributed by atoms with van der Waals surface area (Å²) in [4.78, 5) is 2.64. The third-order valence-corrected chi connectivity index (χ3v) is 6.10. The fourth-order valence-electron chi connectivity index (χ4n) is 4.61. The van der Waals surface area contributed by atoms with Gasteiger partial charge in [0.1, 0.15) is 5.75 Å². The van der Waals surface area contributed by atoms with E-state index in [2.05, 4.69) is 46.1 Å². The van der Waals surface area contributed by atoms with Gasteiger partial charge in [-0.25, -0.2) is 5.43 Å². The summed E-state index contributed by atoms with van der Waals surface area (Å²) in [5.74, 6) is 1.46. The number of fused-ring (bicyclic) bond motifs is 1. The number of hydrogen-bond acceptors (Lipinski definition) is 5. The maximum Gasteiger partial charge on any atom is 0.119 e. The SMILES string of the molecule is COCC1CCCCN1CC1CNNC1c1ccc2cc(OC)ccc2c1. The molecule has 4 rings (SSSR count). The summed E-state index contributed by atoms with van der Waals surface area (Å²) < 4.78 is 10.8. The number of hydrogen-bond donors (Lipinski definition) is 2. The first kappa shape index (κ1) is 18.7. The van der Waals surface area contributed by atoms with Gasteiger partial charge in [-0.05, 0) is 53.9 Å². The van der Waals surface area contributed by atoms with Crippen molar-refractivity contribution in [2.24, 2.45) is 5.92 Å². The van der Waals surface area contributed by atoms with Gasteiger partial charge in [0.2, 0.25) is 0 Å². The molecule has 0 saturated carbocycles. The van der Waals surface area contributed by atoms with E-state index in [-0.39, 0.29) is 0 Å². The van der Waals surface area contributed by atoms with Crippen molar-refractivity contribution in [2.75, 3.05) is 40.5 Å². The Labute approximate surface area is 162 Å². The number of piperidine rings is 1. The van der Waals surface area contributed by atoms with E-state index in [1.54, 1.807) is 7.11 Å². The summed E-state index contributed by atoms with van der Waals surface area (Å²) >= 11 is 0. The zero-order valence-corrected chi connectivity index (χ0v) is 16.4. The van der Waals surface area contributed by atoms with Crippen molar-refractivity contribution in [1.82, 2.24) is 15.8 Å². The highest BCUT2D eigenvalue weighted by molar-refractivity contribution is 5.84. The van der Waals surface area contributed by atoms with Crippen LogP contribution in [0.15, 0.2) is 36.4 Å². The van der Waals surface area contributed by atoms with E-state index in [1.807, 2.05) is 13.2 Å². The molecule has 27 heavy (non-hydrogen) atoms. The van der Waals surface area contributed by atoms with Crippen molar-refractivity contribution >= 4 is 10.8 Å². The lowest BCUT2D eigenvalue weighted by Gasteiger charge is -2.37. The topological polar surface area (TPSA) is 45.8 Å². The summed E-state index contributed by atoms with van der Waals surface area (Å²) in [6.45, 7) is 4.14. The molecule has 0 bridgehead atoms. The van der Waals surface area contributed by atoms with Gasteiger partial charge >= 0.3 is 0 Å². The first-order valence-corrected chi connectivity index (χ1v) is 10.1. The standard InChI is InChI=1S/C22H31N3O2/c1-26-15-20-5-3-4-10-25(20)14-19-13-23-24-22(19)18-7-6-17-12-21(27-2)9-8-16(17)11-18/h6-9,11-12,19-20,22-24H,3-5,10,13-15H2,1-2H3. The molecule has 2 aromatic rings. The second-order valence-electron chi connectivity index (χ2n) is 7.84. The Kier molecular flexibility index (Phi) is 5.93. The average Bonchev–Trinajstić information content (AvgIpc) is 3.17. The molecule has 2 N–H and O–H groups in total. The maximum atomic E-state index is 5.47. The largest absolute Gasteiger partial charge is 0.497 e.